The Hall–Kier alpha value is -2.21. The number of aromatic nitrogens is 1. The molecule has 5 nitrogen and oxygen atoms in total. The Labute approximate surface area is 127 Å². The molecule has 0 amide bonds. The molecule has 1 aromatic carbocycles. The van der Waals surface area contributed by atoms with Gasteiger partial charge in [-0.15, -0.1) is 0 Å². The van der Waals surface area contributed by atoms with Crippen molar-refractivity contribution in [2.24, 2.45) is 5.10 Å². The van der Waals surface area contributed by atoms with Crippen LogP contribution in [0.25, 0.3) is 0 Å². The molecule has 21 heavy (non-hydrogen) atoms. The maximum absolute atomic E-state index is 11.4. The van der Waals surface area contributed by atoms with Crippen molar-refractivity contribution >= 4 is 28.7 Å². The van der Waals surface area contributed by atoms with Crippen molar-refractivity contribution in [3.63, 3.8) is 0 Å². The van der Waals surface area contributed by atoms with Gasteiger partial charge in [0.15, 0.2) is 0 Å². The zero-order valence-corrected chi connectivity index (χ0v) is 12.8. The minimum atomic E-state index is -0.240. The van der Waals surface area contributed by atoms with Gasteiger partial charge >= 0.3 is 5.97 Å². The van der Waals surface area contributed by atoms with Gasteiger partial charge in [0.05, 0.1) is 19.2 Å². The Morgan fingerprint density at radius 3 is 2.90 bits per heavy atom. The van der Waals surface area contributed by atoms with E-state index in [1.807, 2.05) is 31.2 Å². The summed E-state index contributed by atoms with van der Waals surface area (Å²) in [6.45, 7) is 4.22. The molecule has 1 aromatic heterocycles. The summed E-state index contributed by atoms with van der Waals surface area (Å²) in [4.78, 5) is 16.4. The number of carbonyl (C=O) groups excluding carboxylic acids is 1. The van der Waals surface area contributed by atoms with Crippen LogP contribution in [0.15, 0.2) is 35.6 Å². The van der Waals surface area contributed by atoms with Gasteiger partial charge in [0.1, 0.15) is 0 Å². The van der Waals surface area contributed by atoms with Crippen LogP contribution in [-0.4, -0.2) is 23.8 Å². The Balaban J connectivity index is 1.87. The van der Waals surface area contributed by atoms with Crippen molar-refractivity contribution in [2.45, 2.75) is 20.3 Å². The van der Waals surface area contributed by atoms with Gasteiger partial charge in [-0.3, -0.25) is 10.2 Å². The van der Waals surface area contributed by atoms with Crippen LogP contribution in [-0.2, 0) is 16.0 Å². The molecule has 2 aromatic rings. The molecule has 0 saturated carbocycles. The summed E-state index contributed by atoms with van der Waals surface area (Å²) >= 11 is 1.39. The number of hydrazone groups is 1. The van der Waals surface area contributed by atoms with Crippen LogP contribution in [0.2, 0.25) is 0 Å². The fraction of sp³-hybridized carbons (Fsp3) is 0.267. The fourth-order valence-electron chi connectivity index (χ4n) is 1.61. The third-order valence-corrected chi connectivity index (χ3v) is 3.53. The molecule has 6 heteroatoms. The minimum Gasteiger partial charge on any atom is -0.466 e. The zero-order valence-electron chi connectivity index (χ0n) is 12.0. The number of hydrogen-bond donors (Lipinski definition) is 1. The molecule has 110 valence electrons. The molecule has 0 radical (unpaired) electrons. The Morgan fingerprint density at radius 1 is 1.43 bits per heavy atom. The lowest BCUT2D eigenvalue weighted by molar-refractivity contribution is -0.142. The highest BCUT2D eigenvalue weighted by molar-refractivity contribution is 7.15. The molecule has 0 bridgehead atoms. The molecule has 1 heterocycles. The van der Waals surface area contributed by atoms with Gasteiger partial charge < -0.3 is 4.74 Å². The van der Waals surface area contributed by atoms with E-state index in [9.17, 15) is 4.79 Å². The van der Waals surface area contributed by atoms with Gasteiger partial charge in [0, 0.05) is 11.1 Å². The lowest BCUT2D eigenvalue weighted by Gasteiger charge is -1.97. The highest BCUT2D eigenvalue weighted by Crippen LogP contribution is 2.18. The topological polar surface area (TPSA) is 63.6 Å². The summed E-state index contributed by atoms with van der Waals surface area (Å²) in [6, 6.07) is 8.05. The van der Waals surface area contributed by atoms with Crippen molar-refractivity contribution in [3.8, 4) is 0 Å². The molecule has 0 spiro atoms. The van der Waals surface area contributed by atoms with Crippen molar-refractivity contribution in [2.75, 3.05) is 12.0 Å². The highest BCUT2D eigenvalue weighted by Gasteiger charge is 2.07. The second-order valence-corrected chi connectivity index (χ2v) is 5.51. The Kier molecular flexibility index (Phi) is 5.45. The molecule has 0 saturated heterocycles. The monoisotopic (exact) mass is 303 g/mol. The van der Waals surface area contributed by atoms with Crippen LogP contribution in [0.5, 0.6) is 0 Å². The van der Waals surface area contributed by atoms with Crippen molar-refractivity contribution in [1.82, 2.24) is 4.98 Å². The van der Waals surface area contributed by atoms with Gasteiger partial charge in [-0.2, -0.15) is 5.10 Å². The largest absolute Gasteiger partial charge is 0.466 e. The fourth-order valence-corrected chi connectivity index (χ4v) is 2.36. The van der Waals surface area contributed by atoms with E-state index in [4.69, 9.17) is 4.74 Å². The number of thiazole rings is 1. The van der Waals surface area contributed by atoms with E-state index in [1.165, 1.54) is 16.9 Å². The van der Waals surface area contributed by atoms with E-state index in [2.05, 4.69) is 15.5 Å². The predicted molar refractivity (Wildman–Crippen MR) is 84.8 cm³/mol. The maximum atomic E-state index is 11.4. The van der Waals surface area contributed by atoms with E-state index in [0.717, 1.165) is 10.4 Å². The maximum Gasteiger partial charge on any atom is 0.311 e. The number of benzene rings is 1. The summed E-state index contributed by atoms with van der Waals surface area (Å²) in [7, 11) is 0. The number of anilines is 1. The first-order valence-electron chi connectivity index (χ1n) is 6.63. The number of hydrogen-bond acceptors (Lipinski definition) is 6. The molecule has 2 rings (SSSR count). The molecule has 0 unspecified atom stereocenters. The first-order valence-corrected chi connectivity index (χ1v) is 7.45. The zero-order chi connectivity index (χ0) is 15.1. The van der Waals surface area contributed by atoms with Gasteiger partial charge in [-0.05, 0) is 19.4 Å². The average Bonchev–Trinajstić information content (AvgIpc) is 2.89. The second kappa shape index (κ2) is 7.54. The van der Waals surface area contributed by atoms with Crippen LogP contribution < -0.4 is 5.43 Å². The second-order valence-electron chi connectivity index (χ2n) is 4.39. The molecular formula is C15H17N3O2S. The quantitative estimate of drug-likeness (QED) is 0.506. The lowest BCUT2D eigenvalue weighted by atomic mass is 10.2. The number of ether oxygens (including phenoxy) is 1. The number of nitrogens with zero attached hydrogens (tertiary/aromatic N) is 2. The van der Waals surface area contributed by atoms with Crippen molar-refractivity contribution in [3.05, 3.63) is 46.5 Å². The van der Waals surface area contributed by atoms with E-state index in [1.54, 1.807) is 19.3 Å². The molecular weight excluding hydrogens is 286 g/mol. The normalized spacial score (nSPS) is 10.8. The van der Waals surface area contributed by atoms with Gasteiger partial charge in [-0.1, -0.05) is 41.2 Å². The predicted octanol–water partition coefficient (Wildman–Crippen LogP) is 3.00. The molecule has 0 aliphatic carbocycles. The third kappa shape index (κ3) is 5.00. The Bertz CT molecular complexity index is 620. The van der Waals surface area contributed by atoms with E-state index >= 15 is 0 Å². The smallest absolute Gasteiger partial charge is 0.311 e. The SMILES string of the molecule is CCOC(=O)Cc1cnc(N/N=C/c2ccc(C)cc2)s1. The van der Waals surface area contributed by atoms with Gasteiger partial charge in [0.25, 0.3) is 0 Å². The summed E-state index contributed by atoms with van der Waals surface area (Å²) in [5.41, 5.74) is 5.08. The molecule has 1 N–H and O–H groups in total. The Morgan fingerprint density at radius 2 is 2.19 bits per heavy atom. The average molecular weight is 303 g/mol. The molecule has 0 fully saturated rings. The number of esters is 1. The van der Waals surface area contributed by atoms with Crippen LogP contribution in [0.3, 0.4) is 0 Å². The summed E-state index contributed by atoms with van der Waals surface area (Å²) in [6.07, 6.45) is 3.63. The molecule has 0 aliphatic heterocycles. The standard InChI is InChI=1S/C15H17N3O2S/c1-3-20-14(19)8-13-10-16-15(21-13)18-17-9-12-6-4-11(2)5-7-12/h4-7,9-10H,3,8H2,1-2H3,(H,16,18)/b17-9+. The first-order chi connectivity index (χ1) is 10.2. The summed E-state index contributed by atoms with van der Waals surface area (Å²) < 4.78 is 4.89. The highest BCUT2D eigenvalue weighted by atomic mass is 32.1. The van der Waals surface area contributed by atoms with E-state index in [-0.39, 0.29) is 12.4 Å². The minimum absolute atomic E-state index is 0.240. The first kappa shape index (κ1) is 15.2. The van der Waals surface area contributed by atoms with E-state index < -0.39 is 0 Å². The van der Waals surface area contributed by atoms with E-state index in [0.29, 0.717) is 11.7 Å². The number of rotatable bonds is 6. The van der Waals surface area contributed by atoms with Crippen LogP contribution >= 0.6 is 11.3 Å². The van der Waals surface area contributed by atoms with Crippen LogP contribution in [0, 0.1) is 6.92 Å². The number of nitrogens with one attached hydrogen (secondary N) is 1. The van der Waals surface area contributed by atoms with Crippen molar-refractivity contribution < 1.29 is 9.53 Å². The van der Waals surface area contributed by atoms with Crippen LogP contribution in [0.1, 0.15) is 22.9 Å². The van der Waals surface area contributed by atoms with Crippen LogP contribution in [0.4, 0.5) is 5.13 Å². The van der Waals surface area contributed by atoms with Gasteiger partial charge in [0.2, 0.25) is 5.13 Å². The van der Waals surface area contributed by atoms with Gasteiger partial charge in [-0.25, -0.2) is 4.98 Å². The lowest BCUT2D eigenvalue weighted by Crippen LogP contribution is -2.06. The summed E-state index contributed by atoms with van der Waals surface area (Å²) in [5.74, 6) is -0.240. The third-order valence-electron chi connectivity index (χ3n) is 2.63. The molecule has 0 atom stereocenters. The number of carbonyl (C=O) groups is 1. The molecule has 0 aliphatic rings. The summed E-state index contributed by atoms with van der Waals surface area (Å²) in [5, 5.41) is 4.78. The van der Waals surface area contributed by atoms with Crippen molar-refractivity contribution in [1.29, 1.82) is 0 Å². The number of aryl methyl sites for hydroxylation is 1.